The largest absolute Gasteiger partial charge is 0.452 e. The second-order valence-corrected chi connectivity index (χ2v) is 7.72. The fraction of sp³-hybridized carbons (Fsp3) is 0.467. The summed E-state index contributed by atoms with van der Waals surface area (Å²) in [6.07, 6.45) is 0.404. The Balaban J connectivity index is 1.86. The molecule has 1 N–H and O–H groups in total. The third-order valence-electron chi connectivity index (χ3n) is 3.85. The molecule has 126 valence electrons. The van der Waals surface area contributed by atoms with Crippen LogP contribution in [0.2, 0.25) is 0 Å². The number of hydrogen-bond donors (Lipinski definition) is 1. The molecule has 0 spiro atoms. The molecule has 0 unspecified atom stereocenters. The average molecular weight is 341 g/mol. The molecule has 0 aromatic heterocycles. The highest BCUT2D eigenvalue weighted by Crippen LogP contribution is 2.16. The highest BCUT2D eigenvalue weighted by atomic mass is 32.2. The zero-order chi connectivity index (χ0) is 17.0. The van der Waals surface area contributed by atoms with Crippen molar-refractivity contribution >= 4 is 21.7 Å². The van der Waals surface area contributed by atoms with E-state index in [1.807, 2.05) is 0 Å². The summed E-state index contributed by atoms with van der Waals surface area (Å²) in [5.41, 5.74) is 0.945. The van der Waals surface area contributed by atoms with Gasteiger partial charge >= 0.3 is 5.97 Å². The number of esters is 1. The second-order valence-electron chi connectivity index (χ2n) is 5.49. The maximum Gasteiger partial charge on any atom is 0.338 e. The van der Waals surface area contributed by atoms with Crippen molar-refractivity contribution in [3.63, 3.8) is 0 Å². The van der Waals surface area contributed by atoms with Crippen LogP contribution in [0.25, 0.3) is 0 Å². The topological polar surface area (TPSA) is 101 Å². The summed E-state index contributed by atoms with van der Waals surface area (Å²) < 4.78 is 27.8. The lowest BCUT2D eigenvalue weighted by atomic mass is 10.1. The van der Waals surface area contributed by atoms with Gasteiger partial charge in [-0.1, -0.05) is 12.1 Å². The first-order chi connectivity index (χ1) is 10.8. The Bertz CT molecular complexity index is 682. The lowest BCUT2D eigenvalue weighted by molar-refractivity contribution is -0.134. The van der Waals surface area contributed by atoms with Crippen LogP contribution in [0, 0.1) is 0 Å². The maximum absolute atomic E-state index is 12.0. The van der Waals surface area contributed by atoms with E-state index >= 15 is 0 Å². The summed E-state index contributed by atoms with van der Waals surface area (Å²) in [5, 5.41) is 8.94. The number of amides is 1. The van der Waals surface area contributed by atoms with Crippen molar-refractivity contribution in [2.24, 2.45) is 0 Å². The van der Waals surface area contributed by atoms with Gasteiger partial charge in [-0.25, -0.2) is 13.2 Å². The maximum atomic E-state index is 12.0. The van der Waals surface area contributed by atoms with Crippen molar-refractivity contribution < 1.29 is 27.9 Å². The van der Waals surface area contributed by atoms with Crippen LogP contribution in [-0.4, -0.2) is 61.5 Å². The standard InChI is InChI=1S/C15H19NO6S/c1-16(13-6-7-23(20,21)10-13)14(18)9-22-15(19)12-4-2-11(8-17)3-5-12/h2-5,13,17H,6-10H2,1H3/t13-/m0/s1. The van der Waals surface area contributed by atoms with Gasteiger partial charge in [-0.2, -0.15) is 0 Å². The molecule has 7 nitrogen and oxygen atoms in total. The Morgan fingerprint density at radius 1 is 1.30 bits per heavy atom. The van der Waals surface area contributed by atoms with E-state index in [2.05, 4.69) is 0 Å². The fourth-order valence-electron chi connectivity index (χ4n) is 2.34. The van der Waals surface area contributed by atoms with E-state index in [0.717, 1.165) is 0 Å². The summed E-state index contributed by atoms with van der Waals surface area (Å²) >= 11 is 0. The molecule has 23 heavy (non-hydrogen) atoms. The van der Waals surface area contributed by atoms with Crippen LogP contribution in [0.3, 0.4) is 0 Å². The Labute approximate surface area is 134 Å². The van der Waals surface area contributed by atoms with Gasteiger partial charge < -0.3 is 14.7 Å². The lowest BCUT2D eigenvalue weighted by Crippen LogP contribution is -2.40. The van der Waals surface area contributed by atoms with Gasteiger partial charge in [0.1, 0.15) is 0 Å². The van der Waals surface area contributed by atoms with Crippen LogP contribution in [-0.2, 0) is 26.0 Å². The summed E-state index contributed by atoms with van der Waals surface area (Å²) in [5.74, 6) is -1.05. The number of rotatable bonds is 5. The van der Waals surface area contributed by atoms with Gasteiger partial charge in [-0.15, -0.1) is 0 Å². The van der Waals surface area contributed by atoms with Gasteiger partial charge in [0.15, 0.2) is 16.4 Å². The van der Waals surface area contributed by atoms with Gasteiger partial charge in [-0.05, 0) is 24.1 Å². The molecule has 8 heteroatoms. The monoisotopic (exact) mass is 341 g/mol. The van der Waals surface area contributed by atoms with Crippen molar-refractivity contribution in [3.8, 4) is 0 Å². The van der Waals surface area contributed by atoms with E-state index in [0.29, 0.717) is 12.0 Å². The van der Waals surface area contributed by atoms with Crippen molar-refractivity contribution in [2.75, 3.05) is 25.2 Å². The Hall–Kier alpha value is -1.93. The minimum absolute atomic E-state index is 0.0498. The molecule has 1 fully saturated rings. The van der Waals surface area contributed by atoms with Crippen molar-refractivity contribution in [1.82, 2.24) is 4.90 Å². The van der Waals surface area contributed by atoms with Gasteiger partial charge in [0.05, 0.1) is 23.7 Å². The van der Waals surface area contributed by atoms with Crippen molar-refractivity contribution in [1.29, 1.82) is 0 Å². The number of aliphatic hydroxyl groups is 1. The molecule has 1 atom stereocenters. The number of carbonyl (C=O) groups is 2. The van der Waals surface area contributed by atoms with Gasteiger partial charge in [0.25, 0.3) is 5.91 Å². The summed E-state index contributed by atoms with van der Waals surface area (Å²) in [4.78, 5) is 25.2. The summed E-state index contributed by atoms with van der Waals surface area (Å²) in [7, 11) is -1.57. The first-order valence-electron chi connectivity index (χ1n) is 7.15. The van der Waals surface area contributed by atoms with E-state index in [-0.39, 0.29) is 29.7 Å². The molecule has 0 bridgehead atoms. The van der Waals surface area contributed by atoms with Gasteiger partial charge in [-0.3, -0.25) is 4.79 Å². The quantitative estimate of drug-likeness (QED) is 0.756. The Kier molecular flexibility index (Phi) is 5.38. The molecule has 1 saturated heterocycles. The number of carbonyl (C=O) groups excluding carboxylic acids is 2. The molecule has 1 heterocycles. The zero-order valence-electron chi connectivity index (χ0n) is 12.8. The van der Waals surface area contributed by atoms with Crippen molar-refractivity contribution in [3.05, 3.63) is 35.4 Å². The van der Waals surface area contributed by atoms with Gasteiger partial charge in [0, 0.05) is 13.1 Å². The number of likely N-dealkylation sites (N-methyl/N-ethyl adjacent to an activating group) is 1. The third kappa shape index (κ3) is 4.52. The van der Waals surface area contributed by atoms with E-state index in [4.69, 9.17) is 9.84 Å². The SMILES string of the molecule is CN(C(=O)COC(=O)c1ccc(CO)cc1)[C@H]1CCS(=O)(=O)C1. The highest BCUT2D eigenvalue weighted by molar-refractivity contribution is 7.91. The van der Waals surface area contributed by atoms with Crippen molar-refractivity contribution in [2.45, 2.75) is 19.1 Å². The third-order valence-corrected chi connectivity index (χ3v) is 5.60. The molecule has 0 aliphatic carbocycles. The highest BCUT2D eigenvalue weighted by Gasteiger charge is 2.32. The van der Waals surface area contributed by atoms with E-state index in [1.54, 1.807) is 12.1 Å². The minimum atomic E-state index is -3.08. The summed E-state index contributed by atoms with van der Waals surface area (Å²) in [6.45, 7) is -0.559. The van der Waals surface area contributed by atoms with Crippen LogP contribution in [0.4, 0.5) is 0 Å². The molecule has 1 aliphatic rings. The van der Waals surface area contributed by atoms with Crippen LogP contribution in [0.15, 0.2) is 24.3 Å². The molecule has 2 rings (SSSR count). The predicted octanol–water partition coefficient (Wildman–Crippen LogP) is -0.0188. The molecule has 0 radical (unpaired) electrons. The molecule has 1 aromatic rings. The first kappa shape index (κ1) is 17.4. The molecule has 0 saturated carbocycles. The number of aliphatic hydroxyl groups excluding tert-OH is 1. The molecule has 1 aromatic carbocycles. The molecule has 1 aliphatic heterocycles. The summed E-state index contributed by atoms with van der Waals surface area (Å²) in [6, 6.07) is 5.83. The molecular formula is C15H19NO6S. The average Bonchev–Trinajstić information content (AvgIpc) is 2.91. The first-order valence-corrected chi connectivity index (χ1v) is 8.97. The number of sulfone groups is 1. The smallest absolute Gasteiger partial charge is 0.338 e. The molecule has 1 amide bonds. The van der Waals surface area contributed by atoms with Crippen LogP contribution in [0.5, 0.6) is 0 Å². The lowest BCUT2D eigenvalue weighted by Gasteiger charge is -2.23. The predicted molar refractivity (Wildman–Crippen MR) is 82.5 cm³/mol. The van der Waals surface area contributed by atoms with E-state index in [1.165, 1.54) is 24.1 Å². The number of nitrogens with zero attached hydrogens (tertiary/aromatic N) is 1. The van der Waals surface area contributed by atoms with Crippen LogP contribution >= 0.6 is 0 Å². The Morgan fingerprint density at radius 3 is 2.48 bits per heavy atom. The second kappa shape index (κ2) is 7.10. The van der Waals surface area contributed by atoms with E-state index in [9.17, 15) is 18.0 Å². The zero-order valence-corrected chi connectivity index (χ0v) is 13.6. The number of benzene rings is 1. The van der Waals surface area contributed by atoms with Crippen LogP contribution < -0.4 is 0 Å². The number of hydrogen-bond acceptors (Lipinski definition) is 6. The molecular weight excluding hydrogens is 322 g/mol. The fourth-order valence-corrected chi connectivity index (χ4v) is 4.12. The minimum Gasteiger partial charge on any atom is -0.452 e. The van der Waals surface area contributed by atoms with Crippen LogP contribution in [0.1, 0.15) is 22.3 Å². The van der Waals surface area contributed by atoms with E-state index < -0.39 is 28.3 Å². The van der Waals surface area contributed by atoms with Gasteiger partial charge in [0.2, 0.25) is 0 Å². The Morgan fingerprint density at radius 2 is 1.96 bits per heavy atom. The normalized spacial score (nSPS) is 19.3. The number of ether oxygens (including phenoxy) is 1.